The summed E-state index contributed by atoms with van der Waals surface area (Å²) in [4.78, 5) is 63.1. The summed E-state index contributed by atoms with van der Waals surface area (Å²) in [5.41, 5.74) is 3.60. The predicted molar refractivity (Wildman–Crippen MR) is 459 cm³/mol. The standard InChI is InChI=1S/C33H52O5.C33H52O4.C30H48O3.2C2H6.CH4O/c1-20(2)21-11-16-33(28(35)36)18-17-31(6)22(27(21)33)9-10-24-30(5)14-13-25(38-26(34)19-37-8)29(3,4)23(30)12-15-32(24,31)7;1-9-26(34)37-25-14-15-30(6)23(29(25,4)5)13-16-32(8)24(30)11-10-22-27-21(20(2)3)12-17-33(27,28(35)36)19-18-31(22,32)7;1-18(2)19-10-15-30(25(32)33)17-16-28(6)20(24(19)30)8-9-22-27(5)13-12-23(31)26(3,4)21(27)11-14-29(22,28)7;3*1-2/h21-25,27H,1,9-19H2,2-8H3,(H,35,36);21-25,27H,2,9-19H2,1,3-8H3,(H,35,36);19-24,31H,1,8-17H2,2-7H3,(H,32,33);2*1-2H3;2H,1H3/t2*21-,22+,23-,24+,25-,27+,30-,31+,32+,33-;19-,20+,21-,22+,23-,24+,27-,28+,29+,30-;;;/m000.../s1. The number of ether oxygens (including phenoxy) is 3. The SMILES string of the molecule is C=C(C)[C@@H]1CC[C@]2(C(=O)O)CC[C@]3(C)[C@H](CC[C@@H]4[C@@]5(C)CC[C@H](O)C(C)(C)[C@@H]5CC[C@]43C)[C@@H]12.C=C(C)[C@@H]1CC[C@]2(C(=O)O)CC[C@]3(C)[C@H](CC[C@@H]4[C@@]5(C)CC[C@H](OC(=O)CC)C(C)(C)[C@@H]5CC[C@]43C)[C@@H]12.C=C(C)[C@@H]1CC[C@]2(C(=O)O)CC[C@]3(C)[C@H](CC[C@@H]4[C@@]5(C)CC[C@H](OC(=O)COC)C(C)(C)[C@@H]5CC[C@]43C)[C@@H]12.CC.CC.CO. The topological polar surface area (TPSA) is 214 Å². The van der Waals surface area contributed by atoms with Crippen molar-refractivity contribution in [1.29, 1.82) is 0 Å². The molecule has 0 aromatic heterocycles. The molecule has 0 radical (unpaired) electrons. The quantitative estimate of drug-likeness (QED) is 0.0963. The zero-order chi connectivity index (χ0) is 85.3. The fourth-order valence-corrected chi connectivity index (χ4v) is 35.5. The summed E-state index contributed by atoms with van der Waals surface area (Å²) in [6.45, 7) is 66.5. The Kier molecular flexibility index (Phi) is 26.3. The third-order valence-electron chi connectivity index (χ3n) is 41.4. The second-order valence-electron chi connectivity index (χ2n) is 45.3. The first-order chi connectivity index (χ1) is 53.1. The molecule has 0 heterocycles. The van der Waals surface area contributed by atoms with E-state index < -0.39 is 34.2 Å². The number of rotatable bonds is 11. The number of methoxy groups -OCH3 is 1. The van der Waals surface area contributed by atoms with Crippen molar-refractivity contribution in [3.63, 3.8) is 0 Å². The van der Waals surface area contributed by atoms with E-state index in [1.807, 2.05) is 34.6 Å². The molecule has 0 unspecified atom stereocenters. The van der Waals surface area contributed by atoms with E-state index in [-0.39, 0.29) is 120 Å². The number of allylic oxidation sites excluding steroid dienone is 3. The Hall–Kier alpha value is -3.55. The molecule has 0 aromatic rings. The van der Waals surface area contributed by atoms with Gasteiger partial charge in [-0.2, -0.15) is 0 Å². The molecule has 650 valence electrons. The number of carbonyl (C=O) groups excluding carboxylic acids is 2. The van der Waals surface area contributed by atoms with Gasteiger partial charge in [0.25, 0.3) is 0 Å². The maximum absolute atomic E-state index is 12.9. The summed E-state index contributed by atoms with van der Waals surface area (Å²) in [5.74, 6) is 4.66. The van der Waals surface area contributed by atoms with Crippen LogP contribution >= 0.6 is 0 Å². The van der Waals surface area contributed by atoms with Crippen LogP contribution in [0.4, 0.5) is 0 Å². The van der Waals surface area contributed by atoms with Crippen LogP contribution in [0.15, 0.2) is 36.5 Å². The van der Waals surface area contributed by atoms with E-state index in [2.05, 4.69) is 144 Å². The van der Waals surface area contributed by atoms with Gasteiger partial charge in [-0.15, -0.1) is 0 Å². The Morgan fingerprint density at radius 2 is 0.623 bits per heavy atom. The first-order valence-corrected chi connectivity index (χ1v) is 46.8. The maximum atomic E-state index is 12.9. The number of hydrogen-bond acceptors (Lipinski definition) is 10. The molecule has 15 saturated carbocycles. The van der Waals surface area contributed by atoms with Crippen molar-refractivity contribution in [1.82, 2.24) is 0 Å². The average Bonchev–Trinajstić information content (AvgIpc) is 1.09. The first kappa shape index (κ1) is 92.7. The van der Waals surface area contributed by atoms with Crippen LogP contribution in [0.5, 0.6) is 0 Å². The Balaban J connectivity index is 0.000000175. The van der Waals surface area contributed by atoms with Gasteiger partial charge in [-0.1, -0.05) is 175 Å². The number of carbonyl (C=O) groups is 5. The molecule has 15 aliphatic carbocycles. The lowest BCUT2D eigenvalue weighted by Gasteiger charge is -2.72. The molecular weight excluding hydrogens is 1420 g/mol. The minimum Gasteiger partial charge on any atom is -0.481 e. The summed E-state index contributed by atoms with van der Waals surface area (Å²) < 4.78 is 17.1. The van der Waals surface area contributed by atoms with Gasteiger partial charge in [0.15, 0.2) is 0 Å². The molecule has 0 bridgehead atoms. The van der Waals surface area contributed by atoms with Crippen molar-refractivity contribution in [3.05, 3.63) is 36.5 Å². The lowest BCUT2D eigenvalue weighted by Crippen LogP contribution is -2.67. The number of aliphatic carboxylic acids is 3. The van der Waals surface area contributed by atoms with E-state index in [9.17, 15) is 44.4 Å². The van der Waals surface area contributed by atoms with E-state index >= 15 is 0 Å². The molecular formula is C101H168O13. The highest BCUT2D eigenvalue weighted by atomic mass is 16.6. The van der Waals surface area contributed by atoms with Crippen molar-refractivity contribution < 1.29 is 63.7 Å². The summed E-state index contributed by atoms with van der Waals surface area (Å²) in [7, 11) is 2.54. The van der Waals surface area contributed by atoms with Gasteiger partial charge in [-0.3, -0.25) is 19.2 Å². The molecule has 15 rings (SSSR count). The zero-order valence-electron chi connectivity index (χ0n) is 77.1. The molecule has 0 saturated heterocycles. The van der Waals surface area contributed by atoms with E-state index in [0.717, 1.165) is 142 Å². The van der Waals surface area contributed by atoms with Crippen molar-refractivity contribution >= 4 is 29.8 Å². The van der Waals surface area contributed by atoms with Crippen molar-refractivity contribution in [2.45, 2.75) is 377 Å². The number of carboxylic acid groups (broad SMARTS) is 3. The van der Waals surface area contributed by atoms with E-state index in [4.69, 9.17) is 19.3 Å². The summed E-state index contributed by atoms with van der Waals surface area (Å²) >= 11 is 0. The van der Waals surface area contributed by atoms with Gasteiger partial charge in [0.1, 0.15) is 18.8 Å². The van der Waals surface area contributed by atoms with Crippen LogP contribution in [0.2, 0.25) is 0 Å². The molecule has 0 aromatic carbocycles. The minimum atomic E-state index is -0.565. The first-order valence-electron chi connectivity index (χ1n) is 46.8. The van der Waals surface area contributed by atoms with Crippen LogP contribution in [-0.2, 0) is 38.2 Å². The summed E-state index contributed by atoms with van der Waals surface area (Å²) in [6.07, 6.45) is 31.6. The van der Waals surface area contributed by atoms with E-state index in [1.54, 1.807) is 7.11 Å². The fraction of sp³-hybridized carbons (Fsp3) is 0.891. The Bertz CT molecular complexity index is 3570. The number of esters is 2. The van der Waals surface area contributed by atoms with Crippen LogP contribution in [0, 0.1) is 170 Å². The van der Waals surface area contributed by atoms with Crippen molar-refractivity contribution in [3.8, 4) is 0 Å². The van der Waals surface area contributed by atoms with Gasteiger partial charge in [0.2, 0.25) is 0 Å². The highest BCUT2D eigenvalue weighted by Gasteiger charge is 2.77. The smallest absolute Gasteiger partial charge is 0.332 e. The van der Waals surface area contributed by atoms with Crippen molar-refractivity contribution in [2.75, 3.05) is 20.8 Å². The van der Waals surface area contributed by atoms with Crippen LogP contribution in [0.25, 0.3) is 0 Å². The Labute approximate surface area is 693 Å². The van der Waals surface area contributed by atoms with E-state index in [0.29, 0.717) is 77.4 Å². The average molecular weight is 1590 g/mol. The molecule has 0 spiro atoms. The molecule has 13 nitrogen and oxygen atoms in total. The van der Waals surface area contributed by atoms with Gasteiger partial charge >= 0.3 is 29.8 Å². The number of carboxylic acids is 3. The fourth-order valence-electron chi connectivity index (χ4n) is 35.5. The second kappa shape index (κ2) is 32.4. The molecule has 5 N–H and O–H groups in total. The van der Waals surface area contributed by atoms with Gasteiger partial charge in [0, 0.05) is 31.5 Å². The van der Waals surface area contributed by atoms with Crippen LogP contribution in [-0.4, -0.2) is 94.5 Å². The van der Waals surface area contributed by atoms with E-state index in [1.165, 1.54) is 74.5 Å². The zero-order valence-corrected chi connectivity index (χ0v) is 77.1. The molecule has 15 aliphatic rings. The molecule has 13 heteroatoms. The molecule has 0 aliphatic heterocycles. The maximum Gasteiger partial charge on any atom is 0.332 e. The van der Waals surface area contributed by atoms with Crippen LogP contribution < -0.4 is 0 Å². The highest BCUT2D eigenvalue weighted by molar-refractivity contribution is 5.78. The highest BCUT2D eigenvalue weighted by Crippen LogP contribution is 2.82. The molecule has 0 amide bonds. The number of aliphatic hydroxyl groups is 2. The molecule has 114 heavy (non-hydrogen) atoms. The largest absolute Gasteiger partial charge is 0.481 e. The number of aliphatic hydroxyl groups excluding tert-OH is 2. The lowest BCUT2D eigenvalue weighted by atomic mass is 9.32. The minimum absolute atomic E-state index is 0.00924. The second-order valence-corrected chi connectivity index (χ2v) is 45.3. The van der Waals surface area contributed by atoms with Gasteiger partial charge in [-0.05, 0) is 356 Å². The van der Waals surface area contributed by atoms with Gasteiger partial charge < -0.3 is 39.7 Å². The van der Waals surface area contributed by atoms with Gasteiger partial charge in [-0.25, -0.2) is 4.79 Å². The number of hydrogen-bond donors (Lipinski definition) is 5. The predicted octanol–water partition coefficient (Wildman–Crippen LogP) is 24.1. The Morgan fingerprint density at radius 3 is 0.895 bits per heavy atom. The van der Waals surface area contributed by atoms with Crippen LogP contribution in [0.3, 0.4) is 0 Å². The monoisotopic (exact) mass is 1590 g/mol. The molecule has 15 fully saturated rings. The summed E-state index contributed by atoms with van der Waals surface area (Å²) in [5, 5.41) is 49.5. The van der Waals surface area contributed by atoms with Crippen LogP contribution in [0.1, 0.15) is 358 Å². The normalized spacial score (nSPS) is 48.7. The Morgan fingerprint density at radius 1 is 0.342 bits per heavy atom. The third kappa shape index (κ3) is 13.3. The number of fused-ring (bicyclic) bond motifs is 21. The van der Waals surface area contributed by atoms with Gasteiger partial charge in [0.05, 0.1) is 22.3 Å². The third-order valence-corrected chi connectivity index (χ3v) is 41.4. The lowest BCUT2D eigenvalue weighted by molar-refractivity contribution is -0.250. The van der Waals surface area contributed by atoms with Crippen molar-refractivity contribution in [2.24, 2.45) is 170 Å². The molecule has 30 atom stereocenters. The summed E-state index contributed by atoms with van der Waals surface area (Å²) in [6, 6.07) is 0.